The minimum absolute atomic E-state index is 0.164. The molecule has 5 nitrogen and oxygen atoms in total. The summed E-state index contributed by atoms with van der Waals surface area (Å²) in [4.78, 5) is 23.9. The molecule has 3 rings (SSSR count). The first-order chi connectivity index (χ1) is 13.6. The molecule has 3 aromatic rings. The molecule has 0 aliphatic heterocycles. The van der Waals surface area contributed by atoms with Crippen molar-refractivity contribution in [2.45, 2.75) is 6.42 Å². The molecule has 0 aliphatic carbocycles. The van der Waals surface area contributed by atoms with Crippen LogP contribution in [0, 0.1) is 5.82 Å². The summed E-state index contributed by atoms with van der Waals surface area (Å²) in [6.07, 6.45) is 0.303. The van der Waals surface area contributed by atoms with Crippen molar-refractivity contribution in [2.75, 3.05) is 11.9 Å². The van der Waals surface area contributed by atoms with Crippen LogP contribution >= 0.6 is 0 Å². The van der Waals surface area contributed by atoms with Gasteiger partial charge in [-0.05, 0) is 54.4 Å². The Kier molecular flexibility index (Phi) is 6.36. The number of carbonyl (C=O) groups is 2. The third kappa shape index (κ3) is 5.41. The lowest BCUT2D eigenvalue weighted by Crippen LogP contribution is -2.36. The quantitative estimate of drug-likeness (QED) is 0.639. The molecular formula is C22H19FN2O3. The van der Waals surface area contributed by atoms with Crippen LogP contribution in [-0.4, -0.2) is 18.4 Å². The van der Waals surface area contributed by atoms with Crippen molar-refractivity contribution >= 4 is 17.5 Å². The SMILES string of the molecule is O=C(NCCc1ccccc1F)C(=O)Nc1ccc(Oc2ccccc2)cc1. The van der Waals surface area contributed by atoms with E-state index >= 15 is 0 Å². The van der Waals surface area contributed by atoms with E-state index in [0.717, 1.165) is 0 Å². The van der Waals surface area contributed by atoms with Gasteiger partial charge in [0.25, 0.3) is 0 Å². The molecule has 0 bridgehead atoms. The lowest BCUT2D eigenvalue weighted by atomic mass is 10.1. The molecule has 2 amide bonds. The molecule has 6 heteroatoms. The Bertz CT molecular complexity index is 944. The van der Waals surface area contributed by atoms with Crippen molar-refractivity contribution in [3.05, 3.63) is 90.2 Å². The van der Waals surface area contributed by atoms with E-state index in [4.69, 9.17) is 4.74 Å². The zero-order chi connectivity index (χ0) is 19.8. The minimum Gasteiger partial charge on any atom is -0.457 e. The van der Waals surface area contributed by atoms with Gasteiger partial charge in [0.05, 0.1) is 0 Å². The smallest absolute Gasteiger partial charge is 0.313 e. The lowest BCUT2D eigenvalue weighted by molar-refractivity contribution is -0.136. The molecule has 0 saturated carbocycles. The van der Waals surface area contributed by atoms with E-state index in [0.29, 0.717) is 29.2 Å². The molecule has 28 heavy (non-hydrogen) atoms. The second-order valence-electron chi connectivity index (χ2n) is 5.99. The minimum atomic E-state index is -0.787. The molecule has 3 aromatic carbocycles. The maximum absolute atomic E-state index is 13.5. The summed E-state index contributed by atoms with van der Waals surface area (Å²) in [6, 6.07) is 22.3. The van der Waals surface area contributed by atoms with Gasteiger partial charge in [0, 0.05) is 12.2 Å². The maximum atomic E-state index is 13.5. The Labute approximate surface area is 162 Å². The molecule has 0 aromatic heterocycles. The van der Waals surface area contributed by atoms with Crippen LogP contribution in [-0.2, 0) is 16.0 Å². The first-order valence-corrected chi connectivity index (χ1v) is 8.77. The third-order valence-electron chi connectivity index (χ3n) is 3.94. The zero-order valence-corrected chi connectivity index (χ0v) is 15.0. The van der Waals surface area contributed by atoms with Gasteiger partial charge in [0.15, 0.2) is 0 Å². The van der Waals surface area contributed by atoms with Gasteiger partial charge in [0.2, 0.25) is 0 Å². The largest absolute Gasteiger partial charge is 0.457 e. The highest BCUT2D eigenvalue weighted by Gasteiger charge is 2.13. The van der Waals surface area contributed by atoms with E-state index in [2.05, 4.69) is 10.6 Å². The highest BCUT2D eigenvalue weighted by Crippen LogP contribution is 2.22. The topological polar surface area (TPSA) is 67.4 Å². The van der Waals surface area contributed by atoms with Gasteiger partial charge in [-0.2, -0.15) is 0 Å². The summed E-state index contributed by atoms with van der Waals surface area (Å²) in [5.74, 6) is -0.586. The van der Waals surface area contributed by atoms with Crippen LogP contribution in [0.2, 0.25) is 0 Å². The number of carbonyl (C=O) groups excluding carboxylic acids is 2. The molecule has 142 valence electrons. The summed E-state index contributed by atoms with van der Waals surface area (Å²) >= 11 is 0. The number of nitrogens with one attached hydrogen (secondary N) is 2. The summed E-state index contributed by atoms with van der Waals surface area (Å²) in [7, 11) is 0. The van der Waals surface area contributed by atoms with Crippen LogP contribution in [0.5, 0.6) is 11.5 Å². The molecule has 2 N–H and O–H groups in total. The van der Waals surface area contributed by atoms with E-state index in [-0.39, 0.29) is 12.4 Å². The Morgan fingerprint density at radius 1 is 0.786 bits per heavy atom. The lowest BCUT2D eigenvalue weighted by Gasteiger charge is -2.09. The van der Waals surface area contributed by atoms with Crippen molar-refractivity contribution in [3.63, 3.8) is 0 Å². The standard InChI is InChI=1S/C22H19FN2O3/c23-20-9-5-4-6-16(20)14-15-24-21(26)22(27)25-17-10-12-19(13-11-17)28-18-7-2-1-3-8-18/h1-13H,14-15H2,(H,24,26)(H,25,27). The molecule has 0 fully saturated rings. The Balaban J connectivity index is 1.47. The number of anilines is 1. The molecule has 0 saturated heterocycles. The van der Waals surface area contributed by atoms with Crippen LogP contribution in [0.3, 0.4) is 0 Å². The van der Waals surface area contributed by atoms with E-state index in [1.54, 1.807) is 42.5 Å². The van der Waals surface area contributed by atoms with Crippen LogP contribution in [0.25, 0.3) is 0 Å². The van der Waals surface area contributed by atoms with Crippen molar-refractivity contribution in [3.8, 4) is 11.5 Å². The number of ether oxygens (including phenoxy) is 1. The van der Waals surface area contributed by atoms with Gasteiger partial charge < -0.3 is 15.4 Å². The van der Waals surface area contributed by atoms with Crippen molar-refractivity contribution in [1.29, 1.82) is 0 Å². The second-order valence-corrected chi connectivity index (χ2v) is 5.99. The summed E-state index contributed by atoms with van der Waals surface area (Å²) in [5, 5.41) is 4.99. The van der Waals surface area contributed by atoms with Crippen LogP contribution in [0.4, 0.5) is 10.1 Å². The first-order valence-electron chi connectivity index (χ1n) is 8.77. The maximum Gasteiger partial charge on any atom is 0.313 e. The number of hydrogen-bond donors (Lipinski definition) is 2. The van der Waals surface area contributed by atoms with Crippen molar-refractivity contribution in [2.24, 2.45) is 0 Å². The molecule has 0 spiro atoms. The number of amides is 2. The highest BCUT2D eigenvalue weighted by molar-refractivity contribution is 6.39. The molecule has 0 heterocycles. The van der Waals surface area contributed by atoms with Crippen LogP contribution < -0.4 is 15.4 Å². The van der Waals surface area contributed by atoms with Crippen molar-refractivity contribution < 1.29 is 18.7 Å². The Hall–Kier alpha value is -3.67. The average molecular weight is 378 g/mol. The summed E-state index contributed by atoms with van der Waals surface area (Å²) < 4.78 is 19.2. The van der Waals surface area contributed by atoms with E-state index in [9.17, 15) is 14.0 Å². The molecular weight excluding hydrogens is 359 g/mol. The number of rotatable bonds is 6. The second kappa shape index (κ2) is 9.32. The molecule has 0 atom stereocenters. The van der Waals surface area contributed by atoms with Gasteiger partial charge in [-0.1, -0.05) is 36.4 Å². The van der Waals surface area contributed by atoms with E-state index in [1.165, 1.54) is 6.07 Å². The highest BCUT2D eigenvalue weighted by atomic mass is 19.1. The van der Waals surface area contributed by atoms with E-state index < -0.39 is 11.8 Å². The molecule has 0 aliphatic rings. The third-order valence-corrected chi connectivity index (χ3v) is 3.94. The van der Waals surface area contributed by atoms with Gasteiger partial charge in [0.1, 0.15) is 17.3 Å². The summed E-state index contributed by atoms with van der Waals surface area (Å²) in [6.45, 7) is 0.164. The zero-order valence-electron chi connectivity index (χ0n) is 15.0. The van der Waals surface area contributed by atoms with Gasteiger partial charge in [-0.15, -0.1) is 0 Å². The fourth-order valence-electron chi connectivity index (χ4n) is 2.51. The fraction of sp³-hybridized carbons (Fsp3) is 0.0909. The Morgan fingerprint density at radius 2 is 1.43 bits per heavy atom. The predicted molar refractivity (Wildman–Crippen MR) is 105 cm³/mol. The molecule has 0 radical (unpaired) electrons. The number of para-hydroxylation sites is 1. The first kappa shape index (κ1) is 19.1. The van der Waals surface area contributed by atoms with Crippen LogP contribution in [0.15, 0.2) is 78.9 Å². The van der Waals surface area contributed by atoms with Crippen molar-refractivity contribution in [1.82, 2.24) is 5.32 Å². The Morgan fingerprint density at radius 3 is 2.14 bits per heavy atom. The van der Waals surface area contributed by atoms with Gasteiger partial charge in [-0.25, -0.2) is 4.39 Å². The van der Waals surface area contributed by atoms with Crippen LogP contribution in [0.1, 0.15) is 5.56 Å². The van der Waals surface area contributed by atoms with E-state index in [1.807, 2.05) is 30.3 Å². The number of halogens is 1. The normalized spacial score (nSPS) is 10.2. The van der Waals surface area contributed by atoms with Gasteiger partial charge >= 0.3 is 11.8 Å². The molecule has 0 unspecified atom stereocenters. The fourth-order valence-corrected chi connectivity index (χ4v) is 2.51. The monoisotopic (exact) mass is 378 g/mol. The average Bonchev–Trinajstić information content (AvgIpc) is 2.71. The summed E-state index contributed by atoms with van der Waals surface area (Å²) in [5.41, 5.74) is 0.951. The predicted octanol–water partition coefficient (Wildman–Crippen LogP) is 3.92. The number of hydrogen-bond acceptors (Lipinski definition) is 3. The van der Waals surface area contributed by atoms with Gasteiger partial charge in [-0.3, -0.25) is 9.59 Å². The number of benzene rings is 3.